The first-order valence-electron chi connectivity index (χ1n) is 9.51. The van der Waals surface area contributed by atoms with Crippen LogP contribution in [0.4, 0.5) is 0 Å². The molecule has 1 saturated heterocycles. The van der Waals surface area contributed by atoms with Crippen molar-refractivity contribution >= 4 is 11.9 Å². The molecule has 0 spiro atoms. The Bertz CT molecular complexity index is 781. The highest BCUT2D eigenvalue weighted by molar-refractivity contribution is 5.90. The molecule has 27 heavy (non-hydrogen) atoms. The summed E-state index contributed by atoms with van der Waals surface area (Å²) in [5.41, 5.74) is 0.553. The van der Waals surface area contributed by atoms with Crippen LogP contribution in [0.15, 0.2) is 34.7 Å². The van der Waals surface area contributed by atoms with Crippen LogP contribution in [0.1, 0.15) is 51.2 Å². The van der Waals surface area contributed by atoms with E-state index in [9.17, 15) is 14.7 Å². The lowest BCUT2D eigenvalue weighted by atomic mass is 9.45. The van der Waals surface area contributed by atoms with Gasteiger partial charge in [-0.25, -0.2) is 4.79 Å². The maximum absolute atomic E-state index is 12.8. The van der Waals surface area contributed by atoms with Crippen LogP contribution < -0.4 is 0 Å². The number of carbonyl (C=O) groups excluding carboxylic acids is 2. The van der Waals surface area contributed by atoms with Crippen LogP contribution in [0.25, 0.3) is 0 Å². The highest BCUT2D eigenvalue weighted by Crippen LogP contribution is 2.64. The first kappa shape index (κ1) is 18.3. The molecule has 0 amide bonds. The zero-order valence-electron chi connectivity index (χ0n) is 15.9. The zero-order valence-corrected chi connectivity index (χ0v) is 15.9. The van der Waals surface area contributed by atoms with Crippen LogP contribution in [0.5, 0.6) is 0 Å². The normalized spacial score (nSPS) is 41.0. The third-order valence-corrected chi connectivity index (χ3v) is 7.25. The molecule has 1 aromatic rings. The van der Waals surface area contributed by atoms with Gasteiger partial charge in [-0.15, -0.1) is 0 Å². The van der Waals surface area contributed by atoms with E-state index in [4.69, 9.17) is 13.9 Å². The van der Waals surface area contributed by atoms with E-state index in [1.807, 2.05) is 6.07 Å². The van der Waals surface area contributed by atoms with Crippen molar-refractivity contribution in [2.45, 2.75) is 51.7 Å². The second-order valence-corrected chi connectivity index (χ2v) is 8.63. The van der Waals surface area contributed by atoms with Gasteiger partial charge in [0.1, 0.15) is 6.10 Å². The van der Waals surface area contributed by atoms with Crippen LogP contribution in [0.3, 0.4) is 0 Å². The summed E-state index contributed by atoms with van der Waals surface area (Å²) < 4.78 is 15.9. The molecular formula is C21H26O6. The van der Waals surface area contributed by atoms with E-state index in [0.717, 1.165) is 5.56 Å². The summed E-state index contributed by atoms with van der Waals surface area (Å²) in [6.45, 7) is 4.18. The fraction of sp³-hybridized carbons (Fsp3) is 0.619. The van der Waals surface area contributed by atoms with Crippen molar-refractivity contribution in [1.82, 2.24) is 0 Å². The van der Waals surface area contributed by atoms with Crippen molar-refractivity contribution in [3.05, 3.63) is 35.8 Å². The van der Waals surface area contributed by atoms with Crippen molar-refractivity contribution in [3.63, 3.8) is 0 Å². The molecule has 1 unspecified atom stereocenters. The molecule has 2 fully saturated rings. The molecule has 0 bridgehead atoms. The Kier molecular flexibility index (Phi) is 4.22. The predicted octanol–water partition coefficient (Wildman–Crippen LogP) is 3.17. The van der Waals surface area contributed by atoms with E-state index in [0.29, 0.717) is 31.3 Å². The lowest BCUT2D eigenvalue weighted by Gasteiger charge is -2.59. The highest BCUT2D eigenvalue weighted by Gasteiger charge is 2.62. The topological polar surface area (TPSA) is 86.0 Å². The van der Waals surface area contributed by atoms with Gasteiger partial charge in [-0.3, -0.25) is 4.79 Å². The zero-order chi connectivity index (χ0) is 19.4. The summed E-state index contributed by atoms with van der Waals surface area (Å²) >= 11 is 0. The Morgan fingerprint density at radius 2 is 2.15 bits per heavy atom. The van der Waals surface area contributed by atoms with Crippen molar-refractivity contribution < 1.29 is 28.6 Å². The van der Waals surface area contributed by atoms with Gasteiger partial charge in [0.2, 0.25) is 0 Å². The van der Waals surface area contributed by atoms with Crippen molar-refractivity contribution in [1.29, 1.82) is 0 Å². The third kappa shape index (κ3) is 2.64. The molecule has 1 aromatic heterocycles. The summed E-state index contributed by atoms with van der Waals surface area (Å²) in [5.74, 6) is -0.850. The van der Waals surface area contributed by atoms with Gasteiger partial charge in [0.15, 0.2) is 0 Å². The lowest BCUT2D eigenvalue weighted by molar-refractivity contribution is -0.192. The number of aliphatic hydroxyl groups is 1. The molecule has 2 aliphatic carbocycles. The van der Waals surface area contributed by atoms with Gasteiger partial charge in [-0.2, -0.15) is 0 Å². The SMILES string of the molecule is COC(=O)C1=C[C@H](O)C[C@@H]2[C@@]1(C)CCC1C(=O)O[C@H](c3ccoc3)C[C@]12C. The predicted molar refractivity (Wildman–Crippen MR) is 95.3 cm³/mol. The molecule has 6 atom stereocenters. The van der Waals surface area contributed by atoms with Crippen LogP contribution in [-0.4, -0.2) is 30.3 Å². The van der Waals surface area contributed by atoms with Crippen LogP contribution in [0, 0.1) is 22.7 Å². The molecule has 6 nitrogen and oxygen atoms in total. The first-order chi connectivity index (χ1) is 12.8. The first-order valence-corrected chi connectivity index (χ1v) is 9.51. The molecule has 1 N–H and O–H groups in total. The summed E-state index contributed by atoms with van der Waals surface area (Å²) in [7, 11) is 1.36. The molecule has 2 heterocycles. The number of hydrogen-bond acceptors (Lipinski definition) is 6. The summed E-state index contributed by atoms with van der Waals surface area (Å²) in [6, 6.07) is 1.82. The standard InChI is InChI=1S/C21H26O6/c1-20-6-4-14-19(24)27-16(12-5-7-26-11-12)10-21(14,2)17(20)9-13(22)8-15(20)18(23)25-3/h5,7-8,11,13-14,16-17,22H,4,6,9-10H2,1-3H3/t13-,14?,16-,17+,20-,21+/m0/s1. The Morgan fingerprint density at radius 3 is 2.81 bits per heavy atom. The molecule has 6 heteroatoms. The second kappa shape index (κ2) is 6.23. The molecule has 146 valence electrons. The quantitative estimate of drug-likeness (QED) is 0.800. The molecule has 1 aliphatic heterocycles. The Labute approximate surface area is 158 Å². The van der Waals surface area contributed by atoms with Gasteiger partial charge >= 0.3 is 11.9 Å². The molecule has 0 aromatic carbocycles. The average Bonchev–Trinajstić information content (AvgIpc) is 3.16. The van der Waals surface area contributed by atoms with Crippen LogP contribution in [0.2, 0.25) is 0 Å². The molecule has 1 saturated carbocycles. The summed E-state index contributed by atoms with van der Waals surface area (Å²) in [5, 5.41) is 10.5. The van der Waals surface area contributed by atoms with E-state index in [2.05, 4.69) is 13.8 Å². The van der Waals surface area contributed by atoms with Crippen molar-refractivity contribution in [2.24, 2.45) is 22.7 Å². The van der Waals surface area contributed by atoms with E-state index < -0.39 is 22.9 Å². The van der Waals surface area contributed by atoms with Gasteiger partial charge in [-0.1, -0.05) is 13.8 Å². The summed E-state index contributed by atoms with van der Waals surface area (Å²) in [4.78, 5) is 25.3. The largest absolute Gasteiger partial charge is 0.472 e. The maximum Gasteiger partial charge on any atom is 0.334 e. The second-order valence-electron chi connectivity index (χ2n) is 8.63. The van der Waals surface area contributed by atoms with E-state index >= 15 is 0 Å². The summed E-state index contributed by atoms with van der Waals surface area (Å²) in [6.07, 6.45) is 6.25. The van der Waals surface area contributed by atoms with Gasteiger partial charge in [-0.05, 0) is 49.2 Å². The van der Waals surface area contributed by atoms with E-state index in [1.165, 1.54) is 7.11 Å². The van der Waals surface area contributed by atoms with Crippen molar-refractivity contribution in [3.8, 4) is 0 Å². The number of carbonyl (C=O) groups is 2. The fourth-order valence-corrected chi connectivity index (χ4v) is 5.85. The minimum absolute atomic E-state index is 0.0277. The lowest BCUT2D eigenvalue weighted by Crippen LogP contribution is -2.57. The van der Waals surface area contributed by atoms with E-state index in [-0.39, 0.29) is 23.9 Å². The number of ether oxygens (including phenoxy) is 2. The molecule has 0 radical (unpaired) electrons. The Balaban J connectivity index is 1.75. The number of hydrogen-bond donors (Lipinski definition) is 1. The Morgan fingerprint density at radius 1 is 1.37 bits per heavy atom. The minimum Gasteiger partial charge on any atom is -0.472 e. The number of cyclic esters (lactones) is 1. The average molecular weight is 374 g/mol. The minimum atomic E-state index is -0.724. The van der Waals surface area contributed by atoms with Gasteiger partial charge in [0.05, 0.1) is 31.7 Å². The number of furan rings is 1. The molecular weight excluding hydrogens is 348 g/mol. The number of esters is 2. The number of methoxy groups -OCH3 is 1. The third-order valence-electron chi connectivity index (χ3n) is 7.25. The fourth-order valence-electron chi connectivity index (χ4n) is 5.85. The van der Waals surface area contributed by atoms with Gasteiger partial charge in [0.25, 0.3) is 0 Å². The molecule has 4 rings (SSSR count). The Hall–Kier alpha value is -2.08. The van der Waals surface area contributed by atoms with E-state index in [1.54, 1.807) is 18.6 Å². The van der Waals surface area contributed by atoms with Gasteiger partial charge < -0.3 is 19.0 Å². The molecule has 3 aliphatic rings. The number of fused-ring (bicyclic) bond motifs is 3. The smallest absolute Gasteiger partial charge is 0.334 e. The number of rotatable bonds is 2. The maximum atomic E-state index is 12.8. The van der Waals surface area contributed by atoms with Gasteiger partial charge in [0, 0.05) is 16.6 Å². The highest BCUT2D eigenvalue weighted by atomic mass is 16.5. The monoisotopic (exact) mass is 374 g/mol. The van der Waals surface area contributed by atoms with Crippen molar-refractivity contribution in [2.75, 3.05) is 7.11 Å². The number of aliphatic hydroxyl groups excluding tert-OH is 1. The van der Waals surface area contributed by atoms with Crippen LogP contribution >= 0.6 is 0 Å². The van der Waals surface area contributed by atoms with Crippen LogP contribution in [-0.2, 0) is 19.1 Å².